The molecular weight excluding hydrogens is 244 g/mol. The van der Waals surface area contributed by atoms with E-state index in [0.717, 1.165) is 18.5 Å². The van der Waals surface area contributed by atoms with Crippen molar-refractivity contribution in [3.8, 4) is 0 Å². The highest BCUT2D eigenvalue weighted by atomic mass is 16.5. The van der Waals surface area contributed by atoms with E-state index >= 15 is 0 Å². The van der Waals surface area contributed by atoms with Crippen molar-refractivity contribution in [2.45, 2.75) is 51.5 Å². The van der Waals surface area contributed by atoms with Gasteiger partial charge in [0.1, 0.15) is 6.54 Å². The SMILES string of the molecule is CNC(=O)Cn1cc(NC2CC(C)OC(C)C2)cn1. The summed E-state index contributed by atoms with van der Waals surface area (Å²) in [5, 5.41) is 10.2. The molecule has 106 valence electrons. The van der Waals surface area contributed by atoms with Crippen molar-refractivity contribution in [3.63, 3.8) is 0 Å². The number of carbonyl (C=O) groups excluding carboxylic acids is 1. The molecule has 0 aromatic carbocycles. The molecule has 6 heteroatoms. The number of anilines is 1. The Morgan fingerprint density at radius 1 is 1.47 bits per heavy atom. The molecule has 2 N–H and O–H groups in total. The third-order valence-electron chi connectivity index (χ3n) is 3.29. The minimum atomic E-state index is -0.0528. The van der Waals surface area contributed by atoms with Crippen molar-refractivity contribution in [1.29, 1.82) is 0 Å². The molecule has 1 aliphatic heterocycles. The molecule has 1 aromatic rings. The average Bonchev–Trinajstić information content (AvgIpc) is 2.74. The topological polar surface area (TPSA) is 68.2 Å². The number of aromatic nitrogens is 2. The molecule has 2 atom stereocenters. The summed E-state index contributed by atoms with van der Waals surface area (Å²) in [6.07, 6.45) is 6.16. The Kier molecular flexibility index (Phi) is 4.42. The highest BCUT2D eigenvalue weighted by molar-refractivity contribution is 5.75. The Labute approximate surface area is 113 Å². The molecule has 1 fully saturated rings. The van der Waals surface area contributed by atoms with E-state index in [2.05, 4.69) is 29.6 Å². The van der Waals surface area contributed by atoms with Gasteiger partial charge in [0, 0.05) is 19.3 Å². The zero-order chi connectivity index (χ0) is 13.8. The molecule has 2 rings (SSSR count). The maximum atomic E-state index is 11.3. The van der Waals surface area contributed by atoms with Crippen LogP contribution in [-0.4, -0.2) is 41.0 Å². The quantitative estimate of drug-likeness (QED) is 0.853. The molecule has 1 aliphatic rings. The van der Waals surface area contributed by atoms with Crippen molar-refractivity contribution in [1.82, 2.24) is 15.1 Å². The lowest BCUT2D eigenvalue weighted by Crippen LogP contribution is -2.36. The molecule has 1 saturated heterocycles. The zero-order valence-electron chi connectivity index (χ0n) is 11.7. The van der Waals surface area contributed by atoms with Gasteiger partial charge in [0.05, 0.1) is 24.1 Å². The molecule has 1 aromatic heterocycles. The summed E-state index contributed by atoms with van der Waals surface area (Å²) >= 11 is 0. The second-order valence-corrected chi connectivity index (χ2v) is 5.17. The predicted octanol–water partition coefficient (Wildman–Crippen LogP) is 0.997. The number of hydrogen-bond donors (Lipinski definition) is 2. The number of hydrogen-bond acceptors (Lipinski definition) is 4. The van der Waals surface area contributed by atoms with Gasteiger partial charge in [-0.1, -0.05) is 0 Å². The number of nitrogens with one attached hydrogen (secondary N) is 2. The van der Waals surface area contributed by atoms with Crippen molar-refractivity contribution >= 4 is 11.6 Å². The first-order valence-electron chi connectivity index (χ1n) is 6.72. The molecule has 6 nitrogen and oxygen atoms in total. The van der Waals surface area contributed by atoms with Gasteiger partial charge >= 0.3 is 0 Å². The second kappa shape index (κ2) is 6.06. The van der Waals surface area contributed by atoms with Crippen LogP contribution in [0.3, 0.4) is 0 Å². The Morgan fingerprint density at radius 3 is 2.79 bits per heavy atom. The van der Waals surface area contributed by atoms with Gasteiger partial charge in [-0.25, -0.2) is 0 Å². The molecule has 0 radical (unpaired) electrons. The van der Waals surface area contributed by atoms with E-state index in [4.69, 9.17) is 4.74 Å². The maximum Gasteiger partial charge on any atom is 0.241 e. The van der Waals surface area contributed by atoms with Crippen molar-refractivity contribution < 1.29 is 9.53 Å². The molecule has 19 heavy (non-hydrogen) atoms. The summed E-state index contributed by atoms with van der Waals surface area (Å²) in [6, 6.07) is 0.399. The standard InChI is InChI=1S/C13H22N4O2/c1-9-4-11(5-10(2)19-9)16-12-6-15-17(7-12)8-13(18)14-3/h6-7,9-11,16H,4-5,8H2,1-3H3,(H,14,18). The van der Waals surface area contributed by atoms with Gasteiger partial charge in [-0.2, -0.15) is 5.10 Å². The van der Waals surface area contributed by atoms with E-state index in [-0.39, 0.29) is 24.7 Å². The van der Waals surface area contributed by atoms with Crippen LogP contribution in [0.5, 0.6) is 0 Å². The number of carbonyl (C=O) groups is 1. The van der Waals surface area contributed by atoms with Gasteiger partial charge in [0.2, 0.25) is 5.91 Å². The summed E-state index contributed by atoms with van der Waals surface area (Å²) in [4.78, 5) is 11.3. The first kappa shape index (κ1) is 13.9. The van der Waals surface area contributed by atoms with Crippen LogP contribution in [0.1, 0.15) is 26.7 Å². The summed E-state index contributed by atoms with van der Waals surface area (Å²) in [5.41, 5.74) is 0.954. The molecule has 0 spiro atoms. The van der Waals surface area contributed by atoms with Crippen LogP contribution in [0.2, 0.25) is 0 Å². The largest absolute Gasteiger partial charge is 0.380 e. The van der Waals surface area contributed by atoms with E-state index in [1.807, 2.05) is 6.20 Å². The van der Waals surface area contributed by atoms with E-state index in [0.29, 0.717) is 6.04 Å². The summed E-state index contributed by atoms with van der Waals surface area (Å²) < 4.78 is 7.35. The maximum absolute atomic E-state index is 11.3. The first-order valence-corrected chi connectivity index (χ1v) is 6.72. The zero-order valence-corrected chi connectivity index (χ0v) is 11.7. The van der Waals surface area contributed by atoms with E-state index < -0.39 is 0 Å². The molecule has 2 unspecified atom stereocenters. The highest BCUT2D eigenvalue weighted by Gasteiger charge is 2.24. The minimum Gasteiger partial charge on any atom is -0.380 e. The number of rotatable bonds is 4. The van der Waals surface area contributed by atoms with Crippen LogP contribution in [0.25, 0.3) is 0 Å². The second-order valence-electron chi connectivity index (χ2n) is 5.17. The summed E-state index contributed by atoms with van der Waals surface area (Å²) in [5.74, 6) is -0.0528. The van der Waals surface area contributed by atoms with E-state index in [9.17, 15) is 4.79 Å². The van der Waals surface area contributed by atoms with E-state index in [1.165, 1.54) is 0 Å². The van der Waals surface area contributed by atoms with Crippen LogP contribution in [0.4, 0.5) is 5.69 Å². The average molecular weight is 266 g/mol. The number of nitrogens with zero attached hydrogens (tertiary/aromatic N) is 2. The molecule has 0 aliphatic carbocycles. The third-order valence-corrected chi connectivity index (χ3v) is 3.29. The lowest BCUT2D eigenvalue weighted by Gasteiger charge is -2.32. The molecule has 2 heterocycles. The Balaban J connectivity index is 1.90. The molecular formula is C13H22N4O2. The number of amides is 1. The van der Waals surface area contributed by atoms with Gasteiger partial charge in [-0.3, -0.25) is 9.48 Å². The molecule has 0 bridgehead atoms. The third kappa shape index (κ3) is 3.96. The fourth-order valence-electron chi connectivity index (χ4n) is 2.51. The monoisotopic (exact) mass is 266 g/mol. The van der Waals surface area contributed by atoms with Gasteiger partial charge in [0.25, 0.3) is 0 Å². The molecule has 1 amide bonds. The van der Waals surface area contributed by atoms with Crippen molar-refractivity contribution in [3.05, 3.63) is 12.4 Å². The van der Waals surface area contributed by atoms with Crippen LogP contribution in [0, 0.1) is 0 Å². The lowest BCUT2D eigenvalue weighted by molar-refractivity contribution is -0.121. The minimum absolute atomic E-state index is 0.0528. The first-order chi connectivity index (χ1) is 9.06. The smallest absolute Gasteiger partial charge is 0.241 e. The predicted molar refractivity (Wildman–Crippen MR) is 72.9 cm³/mol. The highest BCUT2D eigenvalue weighted by Crippen LogP contribution is 2.22. The molecule has 0 saturated carbocycles. The van der Waals surface area contributed by atoms with Crippen LogP contribution >= 0.6 is 0 Å². The Bertz CT molecular complexity index is 422. The van der Waals surface area contributed by atoms with Crippen LogP contribution in [-0.2, 0) is 16.1 Å². The number of likely N-dealkylation sites (N-methyl/N-ethyl adjacent to an activating group) is 1. The van der Waals surface area contributed by atoms with Gasteiger partial charge < -0.3 is 15.4 Å². The Morgan fingerprint density at radius 2 is 2.16 bits per heavy atom. The number of ether oxygens (including phenoxy) is 1. The fourth-order valence-corrected chi connectivity index (χ4v) is 2.51. The normalized spacial score (nSPS) is 27.0. The van der Waals surface area contributed by atoms with Crippen LogP contribution < -0.4 is 10.6 Å². The summed E-state index contributed by atoms with van der Waals surface area (Å²) in [7, 11) is 1.62. The Hall–Kier alpha value is -1.56. The van der Waals surface area contributed by atoms with Gasteiger partial charge in [0.15, 0.2) is 0 Å². The fraction of sp³-hybridized carbons (Fsp3) is 0.692. The van der Waals surface area contributed by atoms with Gasteiger partial charge in [-0.05, 0) is 26.7 Å². The summed E-state index contributed by atoms with van der Waals surface area (Å²) in [6.45, 7) is 4.44. The van der Waals surface area contributed by atoms with Crippen LogP contribution in [0.15, 0.2) is 12.4 Å². The van der Waals surface area contributed by atoms with E-state index in [1.54, 1.807) is 17.9 Å². The lowest BCUT2D eigenvalue weighted by atomic mass is 10.00. The van der Waals surface area contributed by atoms with Crippen molar-refractivity contribution in [2.24, 2.45) is 0 Å². The van der Waals surface area contributed by atoms with Crippen molar-refractivity contribution in [2.75, 3.05) is 12.4 Å². The van der Waals surface area contributed by atoms with Gasteiger partial charge in [-0.15, -0.1) is 0 Å².